The van der Waals surface area contributed by atoms with E-state index >= 15 is 0 Å². The van der Waals surface area contributed by atoms with E-state index in [9.17, 15) is 19.1 Å². The van der Waals surface area contributed by atoms with E-state index in [-0.39, 0.29) is 25.2 Å². The van der Waals surface area contributed by atoms with E-state index in [0.717, 1.165) is 31.2 Å². The molecule has 2 heterocycles. The van der Waals surface area contributed by atoms with Crippen LogP contribution in [0.5, 0.6) is 5.75 Å². The number of halogens is 1. The van der Waals surface area contributed by atoms with Crippen molar-refractivity contribution < 1.29 is 33.3 Å². The Labute approximate surface area is 199 Å². The number of likely N-dealkylation sites (tertiary alicyclic amines) is 1. The Morgan fingerprint density at radius 3 is 2.62 bits per heavy atom. The second kappa shape index (κ2) is 9.70. The molecule has 1 saturated carbocycles. The molecular weight excluding hydrogens is 443 g/mol. The van der Waals surface area contributed by atoms with Gasteiger partial charge in [0.15, 0.2) is 0 Å². The second-order valence-corrected chi connectivity index (χ2v) is 10.6. The number of aromatic hydroxyl groups is 1. The van der Waals surface area contributed by atoms with Crippen LogP contribution in [0, 0.1) is 0 Å². The van der Waals surface area contributed by atoms with Crippen molar-refractivity contribution in [1.29, 1.82) is 0 Å². The zero-order chi connectivity index (χ0) is 24.5. The molecule has 1 spiro atoms. The highest BCUT2D eigenvalue weighted by Crippen LogP contribution is 2.39. The molecule has 0 radical (unpaired) electrons. The number of phenolic OH excluding ortho intramolecular Hbond substituents is 1. The number of carbonyl (C=O) groups excluding carboxylic acids is 2. The molecule has 4 rings (SSSR count). The van der Waals surface area contributed by atoms with Crippen molar-refractivity contribution in [3.63, 3.8) is 0 Å². The number of nitrogens with one attached hydrogen (secondary N) is 1. The van der Waals surface area contributed by atoms with E-state index in [1.165, 1.54) is 0 Å². The third-order valence-corrected chi connectivity index (χ3v) is 7.05. The number of alkyl halides is 1. The van der Waals surface area contributed by atoms with Crippen LogP contribution in [0.4, 0.5) is 9.18 Å². The SMILES string of the molecule is CC(C)(C)OC(=O)N1CCC2(COC(F)C(=O)N2)C1CO[C@H]1CC[C@@H](c2ccccc2O)CC1. The molecule has 3 aliphatic rings. The van der Waals surface area contributed by atoms with Crippen LogP contribution < -0.4 is 5.32 Å². The zero-order valence-electron chi connectivity index (χ0n) is 20.1. The van der Waals surface area contributed by atoms with Crippen molar-refractivity contribution in [2.75, 3.05) is 19.8 Å². The molecule has 188 valence electrons. The zero-order valence-corrected chi connectivity index (χ0v) is 20.1. The maximum absolute atomic E-state index is 13.7. The fourth-order valence-corrected chi connectivity index (χ4v) is 5.28. The Morgan fingerprint density at radius 1 is 1.26 bits per heavy atom. The summed E-state index contributed by atoms with van der Waals surface area (Å²) in [4.78, 5) is 26.6. The van der Waals surface area contributed by atoms with Gasteiger partial charge in [0.1, 0.15) is 11.4 Å². The Kier molecular flexibility index (Phi) is 7.05. The van der Waals surface area contributed by atoms with Gasteiger partial charge in [-0.15, -0.1) is 0 Å². The summed E-state index contributed by atoms with van der Waals surface area (Å²) in [5, 5.41) is 12.9. The highest BCUT2D eigenvalue weighted by molar-refractivity contribution is 5.81. The molecule has 34 heavy (non-hydrogen) atoms. The van der Waals surface area contributed by atoms with E-state index in [2.05, 4.69) is 5.32 Å². The molecule has 0 aromatic heterocycles. The number of benzene rings is 1. The van der Waals surface area contributed by atoms with Gasteiger partial charge in [0.05, 0.1) is 30.9 Å². The summed E-state index contributed by atoms with van der Waals surface area (Å²) in [6.07, 6.45) is 1.34. The summed E-state index contributed by atoms with van der Waals surface area (Å²) in [6, 6.07) is 6.90. The number of para-hydroxylation sites is 1. The molecule has 0 bridgehead atoms. The van der Waals surface area contributed by atoms with E-state index in [0.29, 0.717) is 18.7 Å². The first-order valence-corrected chi connectivity index (χ1v) is 12.0. The normalized spacial score (nSPS) is 32.0. The Morgan fingerprint density at radius 2 is 1.97 bits per heavy atom. The summed E-state index contributed by atoms with van der Waals surface area (Å²) < 4.78 is 30.7. The lowest BCUT2D eigenvalue weighted by Gasteiger charge is -2.42. The van der Waals surface area contributed by atoms with Crippen LogP contribution in [0.3, 0.4) is 0 Å². The Hall–Kier alpha value is -2.39. The van der Waals surface area contributed by atoms with Crippen molar-refractivity contribution in [2.45, 2.75) is 88.4 Å². The molecule has 2 saturated heterocycles. The molecule has 3 unspecified atom stereocenters. The highest BCUT2D eigenvalue weighted by Gasteiger charge is 2.54. The molecule has 1 aromatic carbocycles. The van der Waals surface area contributed by atoms with E-state index in [1.807, 2.05) is 18.2 Å². The number of hydrogen-bond donors (Lipinski definition) is 2. The van der Waals surface area contributed by atoms with Gasteiger partial charge in [-0.25, -0.2) is 9.18 Å². The highest BCUT2D eigenvalue weighted by atomic mass is 19.1. The van der Waals surface area contributed by atoms with Crippen molar-refractivity contribution in [3.8, 4) is 5.75 Å². The Balaban J connectivity index is 1.42. The van der Waals surface area contributed by atoms with Crippen LogP contribution in [0.25, 0.3) is 0 Å². The third kappa shape index (κ3) is 5.30. The molecule has 3 atom stereocenters. The lowest BCUT2D eigenvalue weighted by atomic mass is 9.82. The molecular formula is C25H35FN2O6. The largest absolute Gasteiger partial charge is 0.508 e. The first kappa shape index (κ1) is 24.7. The summed E-state index contributed by atoms with van der Waals surface area (Å²) in [5.41, 5.74) is -0.616. The van der Waals surface area contributed by atoms with Gasteiger partial charge in [-0.1, -0.05) is 18.2 Å². The van der Waals surface area contributed by atoms with Crippen LogP contribution in [-0.2, 0) is 19.0 Å². The smallest absolute Gasteiger partial charge is 0.410 e. The van der Waals surface area contributed by atoms with Crippen LogP contribution in [-0.4, -0.2) is 71.4 Å². The summed E-state index contributed by atoms with van der Waals surface area (Å²) in [6.45, 7) is 5.89. The van der Waals surface area contributed by atoms with Gasteiger partial charge in [0, 0.05) is 6.54 Å². The molecule has 9 heteroatoms. The average molecular weight is 479 g/mol. The minimum Gasteiger partial charge on any atom is -0.508 e. The van der Waals surface area contributed by atoms with Crippen LogP contribution in [0.2, 0.25) is 0 Å². The molecule has 2 N–H and O–H groups in total. The van der Waals surface area contributed by atoms with E-state index < -0.39 is 35.5 Å². The lowest BCUT2D eigenvalue weighted by Crippen LogP contribution is -2.66. The number of morpholine rings is 1. The number of nitrogens with zero attached hydrogens (tertiary/aromatic N) is 1. The standard InChI is InChI=1S/C25H35FN2O6/c1-24(2,3)34-23(31)28-13-12-25(15-33-21(26)22(30)27-25)20(28)14-32-17-10-8-16(9-11-17)18-6-4-5-7-19(18)29/h4-7,16-17,20-21,29H,8-15H2,1-3H3,(H,27,30)/t16-,17+,20?,21?,25?. The number of amides is 2. The summed E-state index contributed by atoms with van der Waals surface area (Å²) in [7, 11) is 0. The Bertz CT molecular complexity index is 898. The van der Waals surface area contributed by atoms with Crippen LogP contribution in [0.1, 0.15) is 64.4 Å². The second-order valence-electron chi connectivity index (χ2n) is 10.6. The number of rotatable bonds is 4. The van der Waals surface area contributed by atoms with Gasteiger partial charge in [-0.2, -0.15) is 0 Å². The van der Waals surface area contributed by atoms with Gasteiger partial charge in [0.2, 0.25) is 0 Å². The van der Waals surface area contributed by atoms with E-state index in [1.54, 1.807) is 31.7 Å². The van der Waals surface area contributed by atoms with Crippen molar-refractivity contribution >= 4 is 12.0 Å². The van der Waals surface area contributed by atoms with Crippen LogP contribution in [0.15, 0.2) is 24.3 Å². The maximum Gasteiger partial charge on any atom is 0.410 e. The van der Waals surface area contributed by atoms with Crippen molar-refractivity contribution in [3.05, 3.63) is 29.8 Å². The summed E-state index contributed by atoms with van der Waals surface area (Å²) >= 11 is 0. The first-order chi connectivity index (χ1) is 16.1. The monoisotopic (exact) mass is 478 g/mol. The van der Waals surface area contributed by atoms with Gasteiger partial charge in [-0.05, 0) is 70.4 Å². The minimum absolute atomic E-state index is 0.00521. The molecule has 3 fully saturated rings. The third-order valence-electron chi connectivity index (χ3n) is 7.05. The maximum atomic E-state index is 13.7. The lowest BCUT2D eigenvalue weighted by molar-refractivity contribution is -0.165. The van der Waals surface area contributed by atoms with Gasteiger partial charge >= 0.3 is 6.09 Å². The predicted octanol–water partition coefficient (Wildman–Crippen LogP) is 3.63. The summed E-state index contributed by atoms with van der Waals surface area (Å²) in [5.74, 6) is -0.220. The molecule has 1 aromatic rings. The number of carbonyl (C=O) groups is 2. The number of ether oxygens (including phenoxy) is 3. The van der Waals surface area contributed by atoms with Crippen molar-refractivity contribution in [2.24, 2.45) is 0 Å². The molecule has 8 nitrogen and oxygen atoms in total. The predicted molar refractivity (Wildman–Crippen MR) is 122 cm³/mol. The van der Waals surface area contributed by atoms with Gasteiger partial charge in [0.25, 0.3) is 12.3 Å². The van der Waals surface area contributed by atoms with Gasteiger partial charge in [-0.3, -0.25) is 4.79 Å². The molecule has 1 aliphatic carbocycles. The fourth-order valence-electron chi connectivity index (χ4n) is 5.28. The van der Waals surface area contributed by atoms with Crippen LogP contribution >= 0.6 is 0 Å². The van der Waals surface area contributed by atoms with Crippen molar-refractivity contribution in [1.82, 2.24) is 10.2 Å². The topological polar surface area (TPSA) is 97.3 Å². The fraction of sp³-hybridized carbons (Fsp3) is 0.680. The minimum atomic E-state index is -2.01. The number of hydrogen-bond acceptors (Lipinski definition) is 6. The van der Waals surface area contributed by atoms with Gasteiger partial charge < -0.3 is 29.5 Å². The number of phenols is 1. The molecule has 2 aliphatic heterocycles. The molecule has 2 amide bonds. The van der Waals surface area contributed by atoms with E-state index in [4.69, 9.17) is 14.2 Å². The first-order valence-electron chi connectivity index (χ1n) is 12.0. The quantitative estimate of drug-likeness (QED) is 0.686. The average Bonchev–Trinajstić information content (AvgIpc) is 3.12.